The molecule has 3 aromatic rings. The molecule has 4 rings (SSSR count). The highest BCUT2D eigenvalue weighted by atomic mass is 35.5. The quantitative estimate of drug-likeness (QED) is 0.320. The number of rotatable bonds is 6. The third-order valence-electron chi connectivity index (χ3n) is 6.63. The van der Waals surface area contributed by atoms with E-state index in [0.29, 0.717) is 28.1 Å². The zero-order chi connectivity index (χ0) is 27.7. The Kier molecular flexibility index (Phi) is 8.09. The molecule has 0 saturated heterocycles. The number of amides is 2. The van der Waals surface area contributed by atoms with E-state index in [-0.39, 0.29) is 23.3 Å². The van der Waals surface area contributed by atoms with E-state index >= 15 is 0 Å². The van der Waals surface area contributed by atoms with Crippen molar-refractivity contribution >= 4 is 45.4 Å². The third-order valence-corrected chi connectivity index (χ3v) is 8.06. The van der Waals surface area contributed by atoms with Gasteiger partial charge in [-0.2, -0.15) is 13.2 Å². The lowest BCUT2D eigenvalue weighted by Gasteiger charge is -2.33. The molecule has 1 aromatic heterocycles. The second-order valence-corrected chi connectivity index (χ2v) is 11.8. The minimum Gasteiger partial charge on any atom is -0.484 e. The molecule has 0 fully saturated rings. The standard InChI is InChI=1S/C28H28ClF3N2O3S/c1-27(2,3)16-8-13-19-22(14-16)38-26(34-23(35)15-37-18-11-9-17(29)10-12-18)24(19)25(36)33-21-7-5-4-6-20(21)28(30,31)32/h4-7,9-12,16H,8,13-15H2,1-3H3,(H,33,36)(H,34,35). The predicted octanol–water partition coefficient (Wildman–Crippen LogP) is 7.84. The fourth-order valence-electron chi connectivity index (χ4n) is 4.52. The molecule has 2 N–H and O–H groups in total. The lowest BCUT2D eigenvalue weighted by Crippen LogP contribution is -2.27. The van der Waals surface area contributed by atoms with Crippen LogP contribution in [-0.2, 0) is 23.8 Å². The van der Waals surface area contributed by atoms with Crippen LogP contribution in [0.25, 0.3) is 0 Å². The molecule has 1 aliphatic carbocycles. The number of hydrogen-bond donors (Lipinski definition) is 2. The molecule has 1 atom stereocenters. The summed E-state index contributed by atoms with van der Waals surface area (Å²) >= 11 is 7.17. The number of nitrogens with one attached hydrogen (secondary N) is 2. The van der Waals surface area contributed by atoms with Gasteiger partial charge in [-0.25, -0.2) is 0 Å². The average molecular weight is 565 g/mol. The van der Waals surface area contributed by atoms with E-state index in [1.165, 1.54) is 29.5 Å². The summed E-state index contributed by atoms with van der Waals surface area (Å²) in [4.78, 5) is 27.2. The predicted molar refractivity (Wildman–Crippen MR) is 144 cm³/mol. The van der Waals surface area contributed by atoms with Crippen LogP contribution in [0.4, 0.5) is 23.9 Å². The monoisotopic (exact) mass is 564 g/mol. The van der Waals surface area contributed by atoms with Gasteiger partial charge in [0.1, 0.15) is 10.8 Å². The smallest absolute Gasteiger partial charge is 0.418 e. The molecule has 0 aliphatic heterocycles. The summed E-state index contributed by atoms with van der Waals surface area (Å²) in [6.07, 6.45) is -2.48. The number of ether oxygens (including phenoxy) is 1. The first-order valence-corrected chi connectivity index (χ1v) is 13.3. The molecular weight excluding hydrogens is 537 g/mol. The van der Waals surface area contributed by atoms with Gasteiger partial charge in [0.15, 0.2) is 6.61 Å². The van der Waals surface area contributed by atoms with Crippen LogP contribution >= 0.6 is 22.9 Å². The van der Waals surface area contributed by atoms with Crippen LogP contribution in [-0.4, -0.2) is 18.4 Å². The number of thiophene rings is 1. The Hall–Kier alpha value is -3.04. The lowest BCUT2D eigenvalue weighted by molar-refractivity contribution is -0.136. The number of carbonyl (C=O) groups excluding carboxylic acids is 2. The van der Waals surface area contributed by atoms with E-state index in [2.05, 4.69) is 31.4 Å². The Morgan fingerprint density at radius 1 is 1.05 bits per heavy atom. The van der Waals surface area contributed by atoms with Gasteiger partial charge in [-0.1, -0.05) is 44.5 Å². The van der Waals surface area contributed by atoms with Crippen molar-refractivity contribution in [1.82, 2.24) is 0 Å². The highest BCUT2D eigenvalue weighted by Crippen LogP contribution is 2.45. The third kappa shape index (κ3) is 6.50. The van der Waals surface area contributed by atoms with Crippen LogP contribution in [0.2, 0.25) is 5.02 Å². The number of anilines is 2. The molecule has 10 heteroatoms. The Bertz CT molecular complexity index is 1330. The Labute approximate surface area is 228 Å². The van der Waals surface area contributed by atoms with Crippen LogP contribution < -0.4 is 15.4 Å². The highest BCUT2D eigenvalue weighted by Gasteiger charge is 2.36. The molecule has 5 nitrogen and oxygen atoms in total. The summed E-state index contributed by atoms with van der Waals surface area (Å²) in [7, 11) is 0. The van der Waals surface area contributed by atoms with E-state index < -0.39 is 23.6 Å². The molecule has 202 valence electrons. The van der Waals surface area contributed by atoms with Crippen molar-refractivity contribution < 1.29 is 27.5 Å². The van der Waals surface area contributed by atoms with Gasteiger partial charge < -0.3 is 15.4 Å². The molecule has 1 heterocycles. The second kappa shape index (κ2) is 11.0. The summed E-state index contributed by atoms with van der Waals surface area (Å²) in [6.45, 7) is 6.17. The van der Waals surface area contributed by atoms with Crippen molar-refractivity contribution in [2.24, 2.45) is 11.3 Å². The normalized spacial score (nSPS) is 15.5. The Morgan fingerprint density at radius 3 is 2.39 bits per heavy atom. The minimum atomic E-state index is -4.63. The fraction of sp³-hybridized carbons (Fsp3) is 0.357. The summed E-state index contributed by atoms with van der Waals surface area (Å²) in [6, 6.07) is 11.4. The van der Waals surface area contributed by atoms with Crippen molar-refractivity contribution in [3.63, 3.8) is 0 Å². The van der Waals surface area contributed by atoms with Crippen molar-refractivity contribution in [2.75, 3.05) is 17.2 Å². The number of para-hydroxylation sites is 1. The Balaban J connectivity index is 1.61. The zero-order valence-electron chi connectivity index (χ0n) is 21.2. The maximum atomic E-state index is 13.5. The van der Waals surface area contributed by atoms with Crippen LogP contribution in [0.5, 0.6) is 5.75 Å². The van der Waals surface area contributed by atoms with E-state index in [1.807, 2.05) is 0 Å². The molecule has 1 aliphatic rings. The van der Waals surface area contributed by atoms with Crippen molar-refractivity contribution in [1.29, 1.82) is 0 Å². The summed E-state index contributed by atoms with van der Waals surface area (Å²) < 4.78 is 46.1. The first kappa shape index (κ1) is 28.0. The number of benzene rings is 2. The molecule has 2 aromatic carbocycles. The van der Waals surface area contributed by atoms with Crippen molar-refractivity contribution in [3.05, 3.63) is 75.1 Å². The van der Waals surface area contributed by atoms with Crippen molar-refractivity contribution in [2.45, 2.75) is 46.2 Å². The number of fused-ring (bicyclic) bond motifs is 1. The lowest BCUT2D eigenvalue weighted by atomic mass is 9.72. The van der Waals surface area contributed by atoms with Crippen LogP contribution in [0.3, 0.4) is 0 Å². The minimum absolute atomic E-state index is 0.0472. The van der Waals surface area contributed by atoms with Crippen LogP contribution in [0.1, 0.15) is 53.6 Å². The van der Waals surface area contributed by atoms with Gasteiger partial charge in [-0.15, -0.1) is 11.3 Å². The topological polar surface area (TPSA) is 67.4 Å². The molecule has 0 bridgehead atoms. The summed E-state index contributed by atoms with van der Waals surface area (Å²) in [5.41, 5.74) is -0.254. The number of halogens is 4. The molecule has 1 unspecified atom stereocenters. The van der Waals surface area contributed by atoms with Gasteiger partial charge in [0.05, 0.1) is 16.8 Å². The Morgan fingerprint density at radius 2 is 1.74 bits per heavy atom. The van der Waals surface area contributed by atoms with E-state index in [4.69, 9.17) is 16.3 Å². The van der Waals surface area contributed by atoms with Crippen LogP contribution in [0.15, 0.2) is 48.5 Å². The van der Waals surface area contributed by atoms with Crippen LogP contribution in [0, 0.1) is 11.3 Å². The van der Waals surface area contributed by atoms with E-state index in [0.717, 1.165) is 29.3 Å². The molecule has 0 saturated carbocycles. The van der Waals surface area contributed by atoms with Gasteiger partial charge in [0.25, 0.3) is 11.8 Å². The van der Waals surface area contributed by atoms with Gasteiger partial charge in [0.2, 0.25) is 0 Å². The second-order valence-electron chi connectivity index (χ2n) is 10.3. The SMILES string of the molecule is CC(C)(C)C1CCc2c(sc(NC(=O)COc3ccc(Cl)cc3)c2C(=O)Nc2ccccc2C(F)(F)F)C1. The molecule has 2 amide bonds. The zero-order valence-corrected chi connectivity index (χ0v) is 22.7. The molecule has 38 heavy (non-hydrogen) atoms. The summed E-state index contributed by atoms with van der Waals surface area (Å²) in [5, 5.41) is 6.03. The molecular formula is C28H28ClF3N2O3S. The van der Waals surface area contributed by atoms with Gasteiger partial charge in [-0.05, 0) is 72.6 Å². The van der Waals surface area contributed by atoms with Gasteiger partial charge in [0, 0.05) is 9.90 Å². The molecule has 0 spiro atoms. The number of alkyl halides is 3. The number of hydrogen-bond acceptors (Lipinski definition) is 4. The largest absolute Gasteiger partial charge is 0.484 e. The highest BCUT2D eigenvalue weighted by molar-refractivity contribution is 7.17. The van der Waals surface area contributed by atoms with Crippen molar-refractivity contribution in [3.8, 4) is 5.75 Å². The maximum Gasteiger partial charge on any atom is 0.418 e. The van der Waals surface area contributed by atoms with Gasteiger partial charge >= 0.3 is 6.18 Å². The van der Waals surface area contributed by atoms with E-state index in [1.54, 1.807) is 24.3 Å². The maximum absolute atomic E-state index is 13.5. The molecule has 0 radical (unpaired) electrons. The van der Waals surface area contributed by atoms with Gasteiger partial charge in [-0.3, -0.25) is 9.59 Å². The fourth-order valence-corrected chi connectivity index (χ4v) is 5.99. The average Bonchev–Trinajstić information content (AvgIpc) is 3.20. The van der Waals surface area contributed by atoms with E-state index in [9.17, 15) is 22.8 Å². The first-order valence-electron chi connectivity index (χ1n) is 12.1. The summed E-state index contributed by atoms with van der Waals surface area (Å²) in [5.74, 6) is -0.366. The first-order chi connectivity index (χ1) is 17.8. The number of carbonyl (C=O) groups is 2.